The second-order valence-electron chi connectivity index (χ2n) is 5.85. The third-order valence-electron chi connectivity index (χ3n) is 4.38. The Balaban J connectivity index is 1.94. The molecule has 1 aliphatic heterocycles. The van der Waals surface area contributed by atoms with Crippen LogP contribution in [0.5, 0.6) is 0 Å². The van der Waals surface area contributed by atoms with Crippen LogP contribution in [0.15, 0.2) is 78.9 Å². The van der Waals surface area contributed by atoms with E-state index in [1.165, 1.54) is 0 Å². The fourth-order valence-corrected chi connectivity index (χ4v) is 3.77. The van der Waals surface area contributed by atoms with Crippen LogP contribution in [0.1, 0.15) is 16.7 Å². The number of anilines is 1. The van der Waals surface area contributed by atoms with Crippen molar-refractivity contribution in [1.29, 1.82) is 0 Å². The van der Waals surface area contributed by atoms with Gasteiger partial charge >= 0.3 is 0 Å². The lowest BCUT2D eigenvalue weighted by Gasteiger charge is -2.38. The summed E-state index contributed by atoms with van der Waals surface area (Å²) in [6, 6.07) is 24.4. The Morgan fingerprint density at radius 1 is 0.750 bits per heavy atom. The van der Waals surface area contributed by atoms with Crippen LogP contribution in [0.2, 0.25) is 10.0 Å². The van der Waals surface area contributed by atoms with E-state index in [1.807, 2.05) is 18.2 Å². The molecule has 1 nitrogen and oxygen atoms in total. The molecule has 118 valence electrons. The first-order valence-corrected chi connectivity index (χ1v) is 8.52. The summed E-state index contributed by atoms with van der Waals surface area (Å²) in [7, 11) is 0. The molecule has 3 aromatic carbocycles. The van der Waals surface area contributed by atoms with Gasteiger partial charge in [-0.3, -0.25) is 0 Å². The second-order valence-corrected chi connectivity index (χ2v) is 6.69. The van der Waals surface area contributed by atoms with Crippen LogP contribution in [0.25, 0.3) is 6.08 Å². The fourth-order valence-electron chi connectivity index (χ4n) is 3.22. The minimum absolute atomic E-state index is 0.465. The summed E-state index contributed by atoms with van der Waals surface area (Å²) in [4.78, 5) is 0. The van der Waals surface area contributed by atoms with Gasteiger partial charge in [0.15, 0.2) is 0 Å². The molecule has 0 saturated carbocycles. The minimum atomic E-state index is -0.465. The van der Waals surface area contributed by atoms with Gasteiger partial charge in [-0.1, -0.05) is 89.9 Å². The van der Waals surface area contributed by atoms with Crippen molar-refractivity contribution in [2.75, 3.05) is 5.32 Å². The van der Waals surface area contributed by atoms with Crippen LogP contribution in [0.3, 0.4) is 0 Å². The van der Waals surface area contributed by atoms with Gasteiger partial charge in [0.1, 0.15) is 5.54 Å². The second kappa shape index (κ2) is 6.01. The van der Waals surface area contributed by atoms with Crippen LogP contribution in [-0.2, 0) is 5.54 Å². The summed E-state index contributed by atoms with van der Waals surface area (Å²) in [6.45, 7) is 0. The zero-order chi connectivity index (χ0) is 16.6. The van der Waals surface area contributed by atoms with E-state index in [2.05, 4.69) is 66.0 Å². The lowest BCUT2D eigenvalue weighted by molar-refractivity contribution is 0.741. The standard InChI is InChI=1S/C21H15Cl2N/c22-18-13-15-11-12-21(16-7-3-1-4-8-16,17-9-5-2-6-10-17)24-20(15)19(23)14-18/h1-14,24H. The summed E-state index contributed by atoms with van der Waals surface area (Å²) in [6.07, 6.45) is 4.26. The Labute approximate surface area is 151 Å². The molecule has 0 saturated heterocycles. The van der Waals surface area contributed by atoms with Crippen LogP contribution >= 0.6 is 23.2 Å². The molecule has 0 aromatic heterocycles. The highest BCUT2D eigenvalue weighted by Crippen LogP contribution is 2.43. The van der Waals surface area contributed by atoms with Crippen molar-refractivity contribution in [1.82, 2.24) is 0 Å². The van der Waals surface area contributed by atoms with E-state index >= 15 is 0 Å². The van der Waals surface area contributed by atoms with Gasteiger partial charge in [0.25, 0.3) is 0 Å². The number of halogens is 2. The Morgan fingerprint density at radius 2 is 1.33 bits per heavy atom. The maximum atomic E-state index is 6.47. The lowest BCUT2D eigenvalue weighted by Crippen LogP contribution is -2.36. The molecule has 3 aromatic rings. The smallest absolute Gasteiger partial charge is 0.107 e. The lowest BCUT2D eigenvalue weighted by atomic mass is 9.80. The third-order valence-corrected chi connectivity index (χ3v) is 4.90. The average Bonchev–Trinajstić information content (AvgIpc) is 2.63. The summed E-state index contributed by atoms with van der Waals surface area (Å²) >= 11 is 12.6. The van der Waals surface area contributed by atoms with Gasteiger partial charge in [0.2, 0.25) is 0 Å². The molecule has 0 radical (unpaired) electrons. The first-order chi connectivity index (χ1) is 11.7. The summed E-state index contributed by atoms with van der Waals surface area (Å²) in [5.74, 6) is 0. The highest BCUT2D eigenvalue weighted by atomic mass is 35.5. The molecule has 0 atom stereocenters. The molecule has 1 N–H and O–H groups in total. The first kappa shape index (κ1) is 15.3. The molecule has 24 heavy (non-hydrogen) atoms. The quantitative estimate of drug-likeness (QED) is 0.565. The normalized spacial score (nSPS) is 14.8. The number of benzene rings is 3. The largest absolute Gasteiger partial charge is 0.367 e. The Hall–Kier alpha value is -2.22. The van der Waals surface area contributed by atoms with Crippen molar-refractivity contribution < 1.29 is 0 Å². The van der Waals surface area contributed by atoms with Gasteiger partial charge in [0.05, 0.1) is 10.7 Å². The topological polar surface area (TPSA) is 12.0 Å². The molecule has 0 unspecified atom stereocenters. The van der Waals surface area contributed by atoms with E-state index in [1.54, 1.807) is 6.07 Å². The summed E-state index contributed by atoms with van der Waals surface area (Å²) in [5.41, 5.74) is 3.74. The van der Waals surface area contributed by atoms with E-state index in [0.29, 0.717) is 10.0 Å². The fraction of sp³-hybridized carbons (Fsp3) is 0.0476. The van der Waals surface area contributed by atoms with Crippen LogP contribution < -0.4 is 5.32 Å². The highest BCUT2D eigenvalue weighted by Gasteiger charge is 2.34. The molecule has 0 aliphatic carbocycles. The number of fused-ring (bicyclic) bond motifs is 1. The Kier molecular flexibility index (Phi) is 3.84. The first-order valence-electron chi connectivity index (χ1n) is 7.76. The maximum Gasteiger partial charge on any atom is 0.107 e. The van der Waals surface area contributed by atoms with Gasteiger partial charge in [-0.2, -0.15) is 0 Å². The molecule has 0 bridgehead atoms. The Bertz CT molecular complexity index is 862. The SMILES string of the molecule is Clc1cc(Cl)c2c(c1)C=CC(c1ccccc1)(c1ccccc1)N2. The molecule has 0 fully saturated rings. The predicted molar refractivity (Wildman–Crippen MR) is 103 cm³/mol. The van der Waals surface area contributed by atoms with E-state index in [0.717, 1.165) is 22.4 Å². The average molecular weight is 352 g/mol. The number of rotatable bonds is 2. The Morgan fingerprint density at radius 3 is 1.92 bits per heavy atom. The monoisotopic (exact) mass is 351 g/mol. The van der Waals surface area contributed by atoms with E-state index < -0.39 is 5.54 Å². The van der Waals surface area contributed by atoms with Crippen molar-refractivity contribution >= 4 is 35.0 Å². The zero-order valence-corrected chi connectivity index (χ0v) is 14.4. The van der Waals surface area contributed by atoms with E-state index in [-0.39, 0.29) is 0 Å². The summed E-state index contributed by atoms with van der Waals surface area (Å²) < 4.78 is 0. The van der Waals surface area contributed by atoms with Crippen LogP contribution in [-0.4, -0.2) is 0 Å². The van der Waals surface area contributed by atoms with Gasteiger partial charge < -0.3 is 5.32 Å². The molecule has 1 heterocycles. The van der Waals surface area contributed by atoms with E-state index in [4.69, 9.17) is 23.2 Å². The van der Waals surface area contributed by atoms with Crippen molar-refractivity contribution in [3.05, 3.63) is 106 Å². The van der Waals surface area contributed by atoms with Crippen molar-refractivity contribution in [3.8, 4) is 0 Å². The van der Waals surface area contributed by atoms with Gasteiger partial charge in [-0.15, -0.1) is 0 Å². The number of hydrogen-bond acceptors (Lipinski definition) is 1. The maximum absolute atomic E-state index is 6.47. The third kappa shape index (κ3) is 2.50. The van der Waals surface area contributed by atoms with Gasteiger partial charge in [-0.05, 0) is 29.3 Å². The summed E-state index contributed by atoms with van der Waals surface area (Å²) in [5, 5.41) is 4.92. The minimum Gasteiger partial charge on any atom is -0.367 e. The van der Waals surface area contributed by atoms with E-state index in [9.17, 15) is 0 Å². The molecule has 3 heteroatoms. The molecule has 0 spiro atoms. The number of nitrogens with one attached hydrogen (secondary N) is 1. The molecule has 1 aliphatic rings. The van der Waals surface area contributed by atoms with Gasteiger partial charge in [0, 0.05) is 10.6 Å². The van der Waals surface area contributed by atoms with Crippen molar-refractivity contribution in [2.45, 2.75) is 5.54 Å². The van der Waals surface area contributed by atoms with Gasteiger partial charge in [-0.25, -0.2) is 0 Å². The molecule has 4 rings (SSSR count). The predicted octanol–water partition coefficient (Wildman–Crippen LogP) is 6.38. The number of hydrogen-bond donors (Lipinski definition) is 1. The zero-order valence-electron chi connectivity index (χ0n) is 12.8. The van der Waals surface area contributed by atoms with Crippen molar-refractivity contribution in [2.24, 2.45) is 0 Å². The van der Waals surface area contributed by atoms with Crippen molar-refractivity contribution in [3.63, 3.8) is 0 Å². The molecular formula is C21H15Cl2N. The van der Waals surface area contributed by atoms with Crippen LogP contribution in [0.4, 0.5) is 5.69 Å². The molecule has 0 amide bonds. The highest BCUT2D eigenvalue weighted by molar-refractivity contribution is 6.37. The molecular weight excluding hydrogens is 337 g/mol. The van der Waals surface area contributed by atoms with Crippen LogP contribution in [0, 0.1) is 0 Å².